The summed E-state index contributed by atoms with van der Waals surface area (Å²) in [6, 6.07) is 12.6. The van der Waals surface area contributed by atoms with Gasteiger partial charge in [0, 0.05) is 23.4 Å². The second kappa shape index (κ2) is 9.80. The van der Waals surface area contributed by atoms with Crippen molar-refractivity contribution in [2.24, 2.45) is 5.92 Å². The molecule has 0 aliphatic heterocycles. The Balaban J connectivity index is 1.46. The van der Waals surface area contributed by atoms with Crippen LogP contribution in [0.1, 0.15) is 34.3 Å². The van der Waals surface area contributed by atoms with Gasteiger partial charge in [-0.2, -0.15) is 0 Å². The van der Waals surface area contributed by atoms with Crippen LogP contribution < -0.4 is 14.2 Å². The number of rotatable bonds is 9. The minimum absolute atomic E-state index is 0.141. The van der Waals surface area contributed by atoms with E-state index in [-0.39, 0.29) is 12.2 Å². The third-order valence-electron chi connectivity index (χ3n) is 5.39. The largest absolute Gasteiger partial charge is 0.489 e. The number of sulfonamides is 1. The molecule has 1 fully saturated rings. The number of ether oxygens (including phenoxy) is 2. The van der Waals surface area contributed by atoms with Crippen LogP contribution in [0.5, 0.6) is 11.6 Å². The van der Waals surface area contributed by atoms with E-state index >= 15 is 0 Å². The number of pyridine rings is 1. The van der Waals surface area contributed by atoms with Gasteiger partial charge in [-0.3, -0.25) is 4.79 Å². The van der Waals surface area contributed by atoms with Gasteiger partial charge in [0.05, 0.1) is 12.9 Å². The molecule has 34 heavy (non-hydrogen) atoms. The monoisotopic (exact) mass is 484 g/mol. The standard InChI is InChI=1S/C25H25FN2O5S/c1-16-23(9-10-27-25(16)33-15-17-3-4-17)20-11-21(26)13-22(12-20)32-14-18-5-7-19(8-6-18)24(29)28-34(2,30)31/h5-13,17H,3-4,14-15H2,1-2H3,(H,28,29). The van der Waals surface area contributed by atoms with Gasteiger partial charge in [-0.15, -0.1) is 0 Å². The topological polar surface area (TPSA) is 94.6 Å². The fraction of sp³-hybridized carbons (Fsp3) is 0.280. The van der Waals surface area contributed by atoms with Crippen LogP contribution in [0, 0.1) is 18.7 Å². The van der Waals surface area contributed by atoms with Gasteiger partial charge in [0.2, 0.25) is 15.9 Å². The summed E-state index contributed by atoms with van der Waals surface area (Å²) >= 11 is 0. The Morgan fingerprint density at radius 1 is 1.12 bits per heavy atom. The van der Waals surface area contributed by atoms with Crippen molar-refractivity contribution in [2.75, 3.05) is 12.9 Å². The van der Waals surface area contributed by atoms with Crippen LogP contribution in [-0.2, 0) is 16.6 Å². The van der Waals surface area contributed by atoms with Gasteiger partial charge in [-0.1, -0.05) is 12.1 Å². The van der Waals surface area contributed by atoms with Crippen LogP contribution in [-0.4, -0.2) is 32.2 Å². The third kappa shape index (κ3) is 6.32. The lowest BCUT2D eigenvalue weighted by Gasteiger charge is -2.13. The molecule has 0 saturated heterocycles. The average molecular weight is 485 g/mol. The molecule has 0 atom stereocenters. The molecule has 7 nitrogen and oxygen atoms in total. The highest BCUT2D eigenvalue weighted by Crippen LogP contribution is 2.33. The first-order chi connectivity index (χ1) is 16.2. The summed E-state index contributed by atoms with van der Waals surface area (Å²) in [6.07, 6.45) is 4.92. The van der Waals surface area contributed by atoms with Crippen molar-refractivity contribution < 1.29 is 27.1 Å². The number of carbonyl (C=O) groups is 1. The maximum atomic E-state index is 14.4. The highest BCUT2D eigenvalue weighted by molar-refractivity contribution is 7.89. The number of aromatic nitrogens is 1. The Hall–Kier alpha value is -3.46. The van der Waals surface area contributed by atoms with Crippen LogP contribution in [0.3, 0.4) is 0 Å². The van der Waals surface area contributed by atoms with Gasteiger partial charge in [0.1, 0.15) is 18.2 Å². The zero-order chi connectivity index (χ0) is 24.3. The zero-order valence-electron chi connectivity index (χ0n) is 18.9. The first-order valence-electron chi connectivity index (χ1n) is 10.8. The Kier molecular flexibility index (Phi) is 6.83. The number of hydrogen-bond acceptors (Lipinski definition) is 6. The Bertz CT molecular complexity index is 1310. The van der Waals surface area contributed by atoms with Crippen molar-refractivity contribution in [1.82, 2.24) is 9.71 Å². The van der Waals surface area contributed by atoms with E-state index in [4.69, 9.17) is 9.47 Å². The van der Waals surface area contributed by atoms with E-state index in [2.05, 4.69) is 4.98 Å². The van der Waals surface area contributed by atoms with Crippen molar-refractivity contribution in [1.29, 1.82) is 0 Å². The van der Waals surface area contributed by atoms with E-state index in [0.717, 1.165) is 22.9 Å². The van der Waals surface area contributed by atoms with Crippen molar-refractivity contribution in [3.05, 3.63) is 77.2 Å². The molecular formula is C25H25FN2O5S. The van der Waals surface area contributed by atoms with Crippen LogP contribution in [0.4, 0.5) is 4.39 Å². The van der Waals surface area contributed by atoms with E-state index in [9.17, 15) is 17.6 Å². The lowest BCUT2D eigenvalue weighted by molar-refractivity contribution is 0.0981. The molecule has 1 amide bonds. The summed E-state index contributed by atoms with van der Waals surface area (Å²) in [4.78, 5) is 16.2. The van der Waals surface area contributed by atoms with E-state index in [1.165, 1.54) is 37.1 Å². The van der Waals surface area contributed by atoms with Gasteiger partial charge in [0.25, 0.3) is 5.91 Å². The van der Waals surface area contributed by atoms with Crippen LogP contribution in [0.2, 0.25) is 0 Å². The Labute approximate surface area is 198 Å². The smallest absolute Gasteiger partial charge is 0.264 e. The molecule has 1 N–H and O–H groups in total. The lowest BCUT2D eigenvalue weighted by atomic mass is 10.0. The van der Waals surface area contributed by atoms with Crippen molar-refractivity contribution >= 4 is 15.9 Å². The van der Waals surface area contributed by atoms with Crippen molar-refractivity contribution in [3.63, 3.8) is 0 Å². The average Bonchev–Trinajstić information content (AvgIpc) is 3.60. The van der Waals surface area contributed by atoms with Gasteiger partial charge in [-0.25, -0.2) is 22.5 Å². The molecule has 178 valence electrons. The predicted octanol–water partition coefficient (Wildman–Crippen LogP) is 4.25. The first-order valence-corrected chi connectivity index (χ1v) is 12.7. The van der Waals surface area contributed by atoms with Gasteiger partial charge in [0.15, 0.2) is 0 Å². The summed E-state index contributed by atoms with van der Waals surface area (Å²) in [5.41, 5.74) is 3.24. The molecule has 1 aliphatic carbocycles. The number of nitrogens with zero attached hydrogens (tertiary/aromatic N) is 1. The zero-order valence-corrected chi connectivity index (χ0v) is 19.7. The molecule has 1 aliphatic rings. The number of nitrogens with one attached hydrogen (secondary N) is 1. The molecule has 9 heteroatoms. The van der Waals surface area contributed by atoms with Crippen molar-refractivity contribution in [3.8, 4) is 22.8 Å². The number of halogens is 1. The molecule has 1 aromatic heterocycles. The minimum atomic E-state index is -3.64. The maximum absolute atomic E-state index is 14.4. The molecular weight excluding hydrogens is 459 g/mol. The normalized spacial score (nSPS) is 13.4. The second-order valence-corrected chi connectivity index (χ2v) is 10.2. The van der Waals surface area contributed by atoms with Crippen molar-refractivity contribution in [2.45, 2.75) is 26.4 Å². The molecule has 1 saturated carbocycles. The fourth-order valence-corrected chi connectivity index (χ4v) is 3.86. The second-order valence-electron chi connectivity index (χ2n) is 8.41. The van der Waals surface area contributed by atoms with Gasteiger partial charge >= 0.3 is 0 Å². The van der Waals surface area contributed by atoms with E-state index in [1.807, 2.05) is 17.7 Å². The van der Waals surface area contributed by atoms with E-state index in [0.29, 0.717) is 29.7 Å². The molecule has 0 bridgehead atoms. The number of amides is 1. The summed E-state index contributed by atoms with van der Waals surface area (Å²) in [6.45, 7) is 2.68. The maximum Gasteiger partial charge on any atom is 0.264 e. The number of hydrogen-bond donors (Lipinski definition) is 1. The van der Waals surface area contributed by atoms with Gasteiger partial charge in [-0.05, 0) is 72.7 Å². The highest BCUT2D eigenvalue weighted by Gasteiger charge is 2.23. The molecule has 0 unspecified atom stereocenters. The molecule has 4 rings (SSSR count). The predicted molar refractivity (Wildman–Crippen MR) is 126 cm³/mol. The summed E-state index contributed by atoms with van der Waals surface area (Å²) < 4.78 is 50.4. The molecule has 1 heterocycles. The highest BCUT2D eigenvalue weighted by atomic mass is 32.2. The fourth-order valence-electron chi connectivity index (χ4n) is 3.40. The first kappa shape index (κ1) is 23.7. The third-order valence-corrected chi connectivity index (χ3v) is 5.95. The lowest BCUT2D eigenvalue weighted by Crippen LogP contribution is -2.29. The Morgan fingerprint density at radius 2 is 1.85 bits per heavy atom. The number of carbonyl (C=O) groups excluding carboxylic acids is 1. The molecule has 0 radical (unpaired) electrons. The molecule has 2 aromatic carbocycles. The van der Waals surface area contributed by atoms with Crippen LogP contribution >= 0.6 is 0 Å². The van der Waals surface area contributed by atoms with Gasteiger partial charge < -0.3 is 9.47 Å². The Morgan fingerprint density at radius 3 is 2.53 bits per heavy atom. The summed E-state index contributed by atoms with van der Waals surface area (Å²) in [5.74, 6) is 0.360. The quantitative estimate of drug-likeness (QED) is 0.488. The van der Waals surface area contributed by atoms with Crippen LogP contribution in [0.25, 0.3) is 11.1 Å². The summed E-state index contributed by atoms with van der Waals surface area (Å²) in [7, 11) is -3.64. The summed E-state index contributed by atoms with van der Waals surface area (Å²) in [5, 5.41) is 0. The number of benzene rings is 2. The van der Waals surface area contributed by atoms with E-state index in [1.54, 1.807) is 24.4 Å². The van der Waals surface area contributed by atoms with E-state index < -0.39 is 21.7 Å². The van der Waals surface area contributed by atoms with Crippen LogP contribution in [0.15, 0.2) is 54.7 Å². The molecule has 3 aromatic rings. The SMILES string of the molecule is Cc1c(-c2cc(F)cc(OCc3ccc(C(=O)NS(C)(=O)=O)cc3)c2)ccnc1OCC1CC1. The minimum Gasteiger partial charge on any atom is -0.489 e. The molecule has 0 spiro atoms.